The van der Waals surface area contributed by atoms with Gasteiger partial charge in [-0.2, -0.15) is 0 Å². The van der Waals surface area contributed by atoms with Crippen LogP contribution in [0.4, 0.5) is 5.95 Å². The van der Waals surface area contributed by atoms with Crippen LogP contribution in [-0.2, 0) is 9.59 Å². The number of benzene rings is 1. The number of carbonyl (C=O) groups excluding carboxylic acids is 2. The van der Waals surface area contributed by atoms with Crippen molar-refractivity contribution in [1.82, 2.24) is 29.8 Å². The Bertz CT molecular complexity index is 1660. The normalized spacial score (nSPS) is 18.4. The molecule has 1 saturated heterocycles. The summed E-state index contributed by atoms with van der Waals surface area (Å²) in [4.78, 5) is 46.4. The minimum Gasteiger partial charge on any atom is -0.352 e. The lowest BCUT2D eigenvalue weighted by molar-refractivity contribution is -0.122. The number of hydrogen-bond donors (Lipinski definition) is 2. The fraction of sp³-hybridized carbons (Fsp3) is 0.160. The Hall–Kier alpha value is -4.31. The van der Waals surface area contributed by atoms with E-state index in [1.54, 1.807) is 23.7 Å². The van der Waals surface area contributed by atoms with E-state index in [0.29, 0.717) is 22.8 Å². The van der Waals surface area contributed by atoms with Crippen molar-refractivity contribution in [3.05, 3.63) is 71.9 Å². The fourth-order valence-electron chi connectivity index (χ4n) is 5.04. The van der Waals surface area contributed by atoms with Crippen LogP contribution in [0, 0.1) is 0 Å². The van der Waals surface area contributed by atoms with Gasteiger partial charge in [0, 0.05) is 48.0 Å². The number of H-pyrrole nitrogens is 1. The molecule has 0 radical (unpaired) electrons. The highest BCUT2D eigenvalue weighted by atomic mass is 32.1. The Labute approximate surface area is 203 Å². The lowest BCUT2D eigenvalue weighted by atomic mass is 9.97. The van der Waals surface area contributed by atoms with Gasteiger partial charge in [-0.1, -0.05) is 18.2 Å². The first-order valence-electron chi connectivity index (χ1n) is 11.3. The first-order chi connectivity index (χ1) is 17.2. The molecule has 1 fully saturated rings. The third kappa shape index (κ3) is 3.10. The molecule has 2 N–H and O–H groups in total. The predicted octanol–water partition coefficient (Wildman–Crippen LogP) is 3.39. The maximum Gasteiger partial charge on any atom is 0.261 e. The molecule has 1 unspecified atom stereocenters. The Morgan fingerprint density at radius 1 is 1.03 bits per heavy atom. The van der Waals surface area contributed by atoms with E-state index < -0.39 is 11.8 Å². The lowest BCUT2D eigenvalue weighted by Crippen LogP contribution is -2.24. The van der Waals surface area contributed by atoms with E-state index in [9.17, 15) is 9.59 Å². The van der Waals surface area contributed by atoms with Gasteiger partial charge in [0.1, 0.15) is 4.83 Å². The number of aromatic amines is 1. The summed E-state index contributed by atoms with van der Waals surface area (Å²) < 4.78 is 2.10. The Kier molecular flexibility index (Phi) is 4.37. The molecule has 0 saturated carbocycles. The van der Waals surface area contributed by atoms with Crippen molar-refractivity contribution in [1.29, 1.82) is 0 Å². The number of hydrogen-bond acceptors (Lipinski definition) is 7. The minimum absolute atomic E-state index is 0.272. The molecule has 1 atom stereocenters. The standard InChI is InChI=1S/C25H19N7O2S/c33-22-19(17-11-27-24-15(17)6-10-35-24)20(23(34)30-22)21-16-3-1-2-4-18(16)28-25(29-21)31-8-5-14(12-31)32-9-7-26-13-32/h1-4,6-7,9-11,13-14,27H,5,8,12H2,(H,30,33,34). The van der Waals surface area contributed by atoms with Gasteiger partial charge < -0.3 is 14.5 Å². The molecule has 2 aliphatic heterocycles. The lowest BCUT2D eigenvalue weighted by Gasteiger charge is -2.19. The average molecular weight is 482 g/mol. The van der Waals surface area contributed by atoms with Gasteiger partial charge in [-0.15, -0.1) is 11.3 Å². The summed E-state index contributed by atoms with van der Waals surface area (Å²) in [6.07, 6.45) is 8.30. The summed E-state index contributed by atoms with van der Waals surface area (Å²) in [6.45, 7) is 1.52. The summed E-state index contributed by atoms with van der Waals surface area (Å²) in [6, 6.07) is 9.84. The summed E-state index contributed by atoms with van der Waals surface area (Å²) in [5, 5.41) is 6.10. The van der Waals surface area contributed by atoms with Crippen LogP contribution >= 0.6 is 11.3 Å². The van der Waals surface area contributed by atoms with Crippen LogP contribution in [0.1, 0.15) is 23.7 Å². The Morgan fingerprint density at radius 2 is 1.91 bits per heavy atom. The van der Waals surface area contributed by atoms with Crippen LogP contribution in [0.2, 0.25) is 0 Å². The zero-order valence-electron chi connectivity index (χ0n) is 18.4. The van der Waals surface area contributed by atoms with Gasteiger partial charge in [0.15, 0.2) is 0 Å². The van der Waals surface area contributed by atoms with Crippen molar-refractivity contribution in [3.8, 4) is 0 Å². The highest BCUT2D eigenvalue weighted by Crippen LogP contribution is 2.38. The molecule has 5 aromatic rings. The minimum atomic E-state index is -0.443. The maximum absolute atomic E-state index is 13.2. The first kappa shape index (κ1) is 20.1. The van der Waals surface area contributed by atoms with Crippen molar-refractivity contribution in [2.75, 3.05) is 18.0 Å². The largest absolute Gasteiger partial charge is 0.352 e. The number of imide groups is 1. The van der Waals surface area contributed by atoms with Crippen LogP contribution in [-0.4, -0.2) is 49.4 Å². The number of fused-ring (bicyclic) bond motifs is 2. The topological polar surface area (TPSA) is 109 Å². The number of imidazole rings is 1. The zero-order valence-corrected chi connectivity index (χ0v) is 19.2. The maximum atomic E-state index is 13.2. The van der Waals surface area contributed by atoms with E-state index in [1.807, 2.05) is 48.2 Å². The van der Waals surface area contributed by atoms with Crippen molar-refractivity contribution in [3.63, 3.8) is 0 Å². The van der Waals surface area contributed by atoms with Gasteiger partial charge in [0.25, 0.3) is 11.8 Å². The molecule has 7 rings (SSSR count). The van der Waals surface area contributed by atoms with Gasteiger partial charge in [-0.05, 0) is 23.9 Å². The van der Waals surface area contributed by atoms with E-state index in [-0.39, 0.29) is 11.6 Å². The molecule has 4 aromatic heterocycles. The van der Waals surface area contributed by atoms with Gasteiger partial charge in [0.05, 0.1) is 34.7 Å². The Morgan fingerprint density at radius 3 is 2.80 bits per heavy atom. The van der Waals surface area contributed by atoms with Gasteiger partial charge in [-0.3, -0.25) is 14.9 Å². The van der Waals surface area contributed by atoms with Crippen LogP contribution in [0.5, 0.6) is 0 Å². The van der Waals surface area contributed by atoms with E-state index >= 15 is 0 Å². The molecule has 2 amide bonds. The third-order valence-electron chi connectivity index (χ3n) is 6.72. The molecule has 0 aliphatic carbocycles. The quantitative estimate of drug-likeness (QED) is 0.381. The molecule has 0 spiro atoms. The number of nitrogens with one attached hydrogen (secondary N) is 2. The number of aromatic nitrogens is 5. The summed E-state index contributed by atoms with van der Waals surface area (Å²) in [5.41, 5.74) is 2.52. The number of carbonyl (C=O) groups is 2. The van der Waals surface area contributed by atoms with Crippen molar-refractivity contribution in [2.24, 2.45) is 0 Å². The second kappa shape index (κ2) is 7.60. The van der Waals surface area contributed by atoms with Crippen molar-refractivity contribution >= 4 is 61.4 Å². The van der Waals surface area contributed by atoms with E-state index in [1.165, 1.54) is 0 Å². The monoisotopic (exact) mass is 481 g/mol. The molecule has 35 heavy (non-hydrogen) atoms. The van der Waals surface area contributed by atoms with Gasteiger partial charge in [0.2, 0.25) is 5.95 Å². The smallest absolute Gasteiger partial charge is 0.261 e. The van der Waals surface area contributed by atoms with Gasteiger partial charge >= 0.3 is 0 Å². The van der Waals surface area contributed by atoms with E-state index in [2.05, 4.69) is 24.8 Å². The molecule has 172 valence electrons. The first-order valence-corrected chi connectivity index (χ1v) is 12.2. The zero-order chi connectivity index (χ0) is 23.5. The number of thiophene rings is 1. The highest BCUT2D eigenvalue weighted by Gasteiger charge is 2.36. The van der Waals surface area contributed by atoms with Crippen LogP contribution < -0.4 is 10.2 Å². The molecular formula is C25H19N7O2S. The number of amides is 2. The number of para-hydroxylation sites is 1. The molecule has 6 heterocycles. The Balaban J connectivity index is 1.41. The molecule has 0 bridgehead atoms. The molecule has 2 aliphatic rings. The molecule has 1 aromatic carbocycles. The van der Waals surface area contributed by atoms with Crippen molar-refractivity contribution < 1.29 is 9.59 Å². The number of anilines is 1. The molecule has 10 heteroatoms. The number of rotatable bonds is 4. The number of nitrogens with zero attached hydrogens (tertiary/aromatic N) is 5. The molecular weight excluding hydrogens is 462 g/mol. The van der Waals surface area contributed by atoms with Crippen LogP contribution in [0.15, 0.2) is 60.6 Å². The van der Waals surface area contributed by atoms with Crippen molar-refractivity contribution in [2.45, 2.75) is 12.5 Å². The summed E-state index contributed by atoms with van der Waals surface area (Å²) in [7, 11) is 0. The predicted molar refractivity (Wildman–Crippen MR) is 134 cm³/mol. The second-order valence-corrected chi connectivity index (χ2v) is 9.60. The average Bonchev–Trinajstić information content (AvgIpc) is 3.67. The summed E-state index contributed by atoms with van der Waals surface area (Å²) in [5.74, 6) is -0.306. The second-order valence-electron chi connectivity index (χ2n) is 8.69. The SMILES string of the molecule is O=C1NC(=O)C(c2c[nH]c3sccc23)=C1c1nc(N2CCC(n3ccnc3)C2)nc2ccccc12. The van der Waals surface area contributed by atoms with Gasteiger partial charge in [-0.25, -0.2) is 15.0 Å². The van der Waals surface area contributed by atoms with E-state index in [4.69, 9.17) is 9.97 Å². The molecule has 9 nitrogen and oxygen atoms in total. The van der Waals surface area contributed by atoms with Crippen LogP contribution in [0.25, 0.3) is 32.3 Å². The highest BCUT2D eigenvalue weighted by molar-refractivity contribution is 7.16. The third-order valence-corrected chi connectivity index (χ3v) is 7.57. The van der Waals surface area contributed by atoms with E-state index in [0.717, 1.165) is 40.6 Å². The van der Waals surface area contributed by atoms with Crippen LogP contribution in [0.3, 0.4) is 0 Å². The summed E-state index contributed by atoms with van der Waals surface area (Å²) >= 11 is 1.55. The fourth-order valence-corrected chi connectivity index (χ4v) is 5.81.